The highest BCUT2D eigenvalue weighted by Gasteiger charge is 2.21. The number of fused-ring (bicyclic) bond motifs is 1. The molecule has 0 radical (unpaired) electrons. The number of carboxylic acids is 1. The van der Waals surface area contributed by atoms with Gasteiger partial charge in [0, 0.05) is 24.0 Å². The molecule has 1 fully saturated rings. The topological polar surface area (TPSA) is 85.5 Å². The summed E-state index contributed by atoms with van der Waals surface area (Å²) in [5.74, 6) is -1.39. The number of carbonyl (C=O) groups is 2. The smallest absolute Gasteiger partial charge is 0.227 e. The van der Waals surface area contributed by atoms with Gasteiger partial charge in [-0.2, -0.15) is 0 Å². The zero-order chi connectivity index (χ0) is 14.8. The van der Waals surface area contributed by atoms with Gasteiger partial charge in [0.15, 0.2) is 0 Å². The van der Waals surface area contributed by atoms with E-state index in [1.165, 1.54) is 0 Å². The van der Waals surface area contributed by atoms with Crippen molar-refractivity contribution in [2.45, 2.75) is 6.42 Å². The fraction of sp³-hybridized carbons (Fsp3) is 0.333. The molecule has 1 aliphatic heterocycles. The molecule has 1 aromatic heterocycles. The fourth-order valence-corrected chi connectivity index (χ4v) is 2.63. The largest absolute Gasteiger partial charge is 0.543 e. The molecule has 1 amide bonds. The molecule has 0 atom stereocenters. The van der Waals surface area contributed by atoms with Crippen molar-refractivity contribution >= 4 is 22.8 Å². The van der Waals surface area contributed by atoms with Gasteiger partial charge >= 0.3 is 0 Å². The first-order valence-electron chi connectivity index (χ1n) is 6.83. The third kappa shape index (κ3) is 2.62. The van der Waals surface area contributed by atoms with Crippen LogP contribution in [0.1, 0.15) is 16.1 Å². The lowest BCUT2D eigenvalue weighted by Gasteiger charge is -2.27. The van der Waals surface area contributed by atoms with Crippen LogP contribution < -0.4 is 5.11 Å². The Morgan fingerprint density at radius 1 is 1.24 bits per heavy atom. The second kappa shape index (κ2) is 5.57. The lowest BCUT2D eigenvalue weighted by molar-refractivity contribution is -0.255. The highest BCUT2D eigenvalue weighted by atomic mass is 16.5. The number of morpholine rings is 1. The van der Waals surface area contributed by atoms with Crippen LogP contribution in [0.3, 0.4) is 0 Å². The van der Waals surface area contributed by atoms with Crippen molar-refractivity contribution < 1.29 is 19.4 Å². The molecule has 1 aromatic carbocycles. The van der Waals surface area contributed by atoms with Crippen molar-refractivity contribution in [2.24, 2.45) is 0 Å². The van der Waals surface area contributed by atoms with Gasteiger partial charge in [-0.25, -0.2) is 0 Å². The van der Waals surface area contributed by atoms with Crippen LogP contribution in [0.15, 0.2) is 24.3 Å². The third-order valence-electron chi connectivity index (χ3n) is 3.71. The molecule has 0 unspecified atom stereocenters. The van der Waals surface area contributed by atoms with Crippen LogP contribution in [0, 0.1) is 0 Å². The average Bonchev–Trinajstić information content (AvgIpc) is 2.87. The summed E-state index contributed by atoms with van der Waals surface area (Å²) < 4.78 is 5.21. The minimum Gasteiger partial charge on any atom is -0.543 e. The maximum Gasteiger partial charge on any atom is 0.227 e. The molecule has 0 bridgehead atoms. The van der Waals surface area contributed by atoms with Gasteiger partial charge in [0.1, 0.15) is 0 Å². The number of ether oxygens (including phenoxy) is 1. The van der Waals surface area contributed by atoms with Crippen LogP contribution in [0.2, 0.25) is 0 Å². The Morgan fingerprint density at radius 2 is 1.95 bits per heavy atom. The van der Waals surface area contributed by atoms with Crippen LogP contribution in [-0.4, -0.2) is 48.1 Å². The molecule has 0 spiro atoms. The summed E-state index contributed by atoms with van der Waals surface area (Å²) in [7, 11) is 0. The summed E-state index contributed by atoms with van der Waals surface area (Å²) in [5, 5.41) is 12.0. The first-order valence-corrected chi connectivity index (χ1v) is 6.83. The number of aromatic nitrogens is 1. The monoisotopic (exact) mass is 287 g/mol. The van der Waals surface area contributed by atoms with Gasteiger partial charge in [-0.3, -0.25) is 4.79 Å². The summed E-state index contributed by atoms with van der Waals surface area (Å²) in [6.07, 6.45) is 0.0489. The molecule has 1 aliphatic rings. The number of aromatic carboxylic acids is 1. The number of hydrogen-bond acceptors (Lipinski definition) is 4. The number of H-pyrrole nitrogens is 1. The van der Waals surface area contributed by atoms with Crippen molar-refractivity contribution in [1.82, 2.24) is 9.88 Å². The predicted octanol–water partition coefficient (Wildman–Crippen LogP) is -0.0673. The highest BCUT2D eigenvalue weighted by Crippen LogP contribution is 2.23. The van der Waals surface area contributed by atoms with E-state index in [-0.39, 0.29) is 18.0 Å². The first kappa shape index (κ1) is 13.6. The van der Waals surface area contributed by atoms with Crippen molar-refractivity contribution in [2.75, 3.05) is 26.3 Å². The molecular formula is C15H15N2O4-. The number of rotatable bonds is 3. The summed E-state index contributed by atoms with van der Waals surface area (Å²) in [6.45, 7) is 2.13. The minimum atomic E-state index is -1.30. The number of nitrogens with zero attached hydrogens (tertiary/aromatic N) is 1. The Kier molecular flexibility index (Phi) is 3.62. The fourth-order valence-electron chi connectivity index (χ4n) is 2.63. The van der Waals surface area contributed by atoms with E-state index in [1.54, 1.807) is 17.0 Å². The third-order valence-corrected chi connectivity index (χ3v) is 3.71. The minimum absolute atomic E-state index is 0.0159. The molecule has 21 heavy (non-hydrogen) atoms. The first-order chi connectivity index (χ1) is 10.2. The quantitative estimate of drug-likeness (QED) is 0.856. The number of nitrogens with one attached hydrogen (secondary N) is 1. The average molecular weight is 287 g/mol. The number of amides is 1. The van der Waals surface area contributed by atoms with Gasteiger partial charge in [0.25, 0.3) is 0 Å². The molecule has 2 aromatic rings. The van der Waals surface area contributed by atoms with Gasteiger partial charge < -0.3 is 24.5 Å². The van der Waals surface area contributed by atoms with Crippen molar-refractivity contribution in [1.29, 1.82) is 0 Å². The Morgan fingerprint density at radius 3 is 2.67 bits per heavy atom. The number of aromatic amines is 1. The van der Waals surface area contributed by atoms with Crippen LogP contribution in [0.5, 0.6) is 0 Å². The van der Waals surface area contributed by atoms with Crippen LogP contribution in [-0.2, 0) is 16.0 Å². The summed E-state index contributed by atoms with van der Waals surface area (Å²) in [6, 6.07) is 7.22. The van der Waals surface area contributed by atoms with Gasteiger partial charge in [-0.1, -0.05) is 18.2 Å². The van der Waals surface area contributed by atoms with E-state index in [9.17, 15) is 14.7 Å². The Hall–Kier alpha value is -2.34. The molecule has 6 heteroatoms. The van der Waals surface area contributed by atoms with Crippen molar-refractivity contribution in [3.05, 3.63) is 35.5 Å². The lowest BCUT2D eigenvalue weighted by atomic mass is 10.1. The van der Waals surface area contributed by atoms with E-state index in [4.69, 9.17) is 4.74 Å². The molecule has 110 valence electrons. The van der Waals surface area contributed by atoms with Gasteiger partial charge in [0.2, 0.25) is 5.91 Å². The number of carboxylic acid groups (broad SMARTS) is 1. The van der Waals surface area contributed by atoms with E-state index >= 15 is 0 Å². The Labute approximate surface area is 121 Å². The van der Waals surface area contributed by atoms with Gasteiger partial charge in [-0.15, -0.1) is 0 Å². The molecule has 1 N–H and O–H groups in total. The summed E-state index contributed by atoms with van der Waals surface area (Å²) in [4.78, 5) is 28.1. The summed E-state index contributed by atoms with van der Waals surface area (Å²) in [5.41, 5.74) is 1.17. The molecule has 0 aliphatic carbocycles. The van der Waals surface area contributed by atoms with Gasteiger partial charge in [-0.05, 0) is 11.6 Å². The zero-order valence-corrected chi connectivity index (χ0v) is 11.4. The summed E-state index contributed by atoms with van der Waals surface area (Å²) >= 11 is 0. The van der Waals surface area contributed by atoms with E-state index in [1.807, 2.05) is 12.1 Å². The van der Waals surface area contributed by atoms with E-state index in [0.29, 0.717) is 37.4 Å². The number of carbonyl (C=O) groups excluding carboxylic acids is 2. The number of benzene rings is 1. The molecule has 6 nitrogen and oxygen atoms in total. The van der Waals surface area contributed by atoms with Crippen LogP contribution in [0.4, 0.5) is 0 Å². The molecule has 2 heterocycles. The zero-order valence-electron chi connectivity index (χ0n) is 11.4. The number of hydrogen-bond donors (Lipinski definition) is 1. The molecule has 3 rings (SSSR count). The van der Waals surface area contributed by atoms with Crippen molar-refractivity contribution in [3.8, 4) is 0 Å². The van der Waals surface area contributed by atoms with E-state index < -0.39 is 5.97 Å². The SMILES string of the molecule is O=C([O-])c1[nH]c2ccccc2c1CC(=O)N1CCOCC1. The predicted molar refractivity (Wildman–Crippen MR) is 73.7 cm³/mol. The van der Waals surface area contributed by atoms with Crippen LogP contribution in [0.25, 0.3) is 10.9 Å². The molecular weight excluding hydrogens is 272 g/mol. The van der Waals surface area contributed by atoms with Crippen LogP contribution >= 0.6 is 0 Å². The number of para-hydroxylation sites is 1. The normalized spacial score (nSPS) is 15.3. The van der Waals surface area contributed by atoms with E-state index in [2.05, 4.69) is 4.98 Å². The highest BCUT2D eigenvalue weighted by molar-refractivity contribution is 5.99. The molecule has 1 saturated heterocycles. The molecule has 0 saturated carbocycles. The second-order valence-electron chi connectivity index (χ2n) is 4.98. The maximum absolute atomic E-state index is 12.3. The van der Waals surface area contributed by atoms with Crippen molar-refractivity contribution in [3.63, 3.8) is 0 Å². The Balaban J connectivity index is 1.93. The van der Waals surface area contributed by atoms with Gasteiger partial charge in [0.05, 0.1) is 31.3 Å². The Bertz CT molecular complexity index is 686. The maximum atomic E-state index is 12.3. The second-order valence-corrected chi connectivity index (χ2v) is 4.98. The lowest BCUT2D eigenvalue weighted by Crippen LogP contribution is -2.41. The standard InChI is InChI=1S/C15H16N2O4/c18-13(17-5-7-21-8-6-17)9-11-10-3-1-2-4-12(10)16-14(11)15(19)20/h1-4,16H,5-9H2,(H,19,20)/p-1. The van der Waals surface area contributed by atoms with E-state index in [0.717, 1.165) is 5.39 Å².